The summed E-state index contributed by atoms with van der Waals surface area (Å²) in [5.74, 6) is 0.640. The molecule has 2 aromatic rings. The number of aromatic nitrogens is 4. The van der Waals surface area contributed by atoms with Crippen LogP contribution in [0.1, 0.15) is 19.5 Å². The zero-order chi connectivity index (χ0) is 14.0. The van der Waals surface area contributed by atoms with E-state index in [0.29, 0.717) is 17.9 Å². The second-order valence-electron chi connectivity index (χ2n) is 4.42. The van der Waals surface area contributed by atoms with Crippen LogP contribution in [0.3, 0.4) is 0 Å². The SMILES string of the molecule is CC(C)Cc1nn(-c2ccncn2)c(Cl)c1[N+](=O)[O-]. The van der Waals surface area contributed by atoms with Crippen molar-refractivity contribution in [1.29, 1.82) is 0 Å². The van der Waals surface area contributed by atoms with E-state index in [2.05, 4.69) is 15.1 Å². The minimum absolute atomic E-state index is 0.0423. The molecular weight excluding hydrogens is 270 g/mol. The number of halogens is 1. The van der Waals surface area contributed by atoms with Crippen molar-refractivity contribution >= 4 is 17.3 Å². The first-order chi connectivity index (χ1) is 9.00. The number of rotatable bonds is 4. The smallest absolute Gasteiger partial charge is 0.258 e. The van der Waals surface area contributed by atoms with Gasteiger partial charge in [0.2, 0.25) is 5.15 Å². The molecule has 0 spiro atoms. The fraction of sp³-hybridized carbons (Fsp3) is 0.364. The van der Waals surface area contributed by atoms with Gasteiger partial charge in [0.1, 0.15) is 12.0 Å². The van der Waals surface area contributed by atoms with Gasteiger partial charge in [-0.3, -0.25) is 10.1 Å². The molecule has 0 amide bonds. The van der Waals surface area contributed by atoms with E-state index in [9.17, 15) is 10.1 Å². The zero-order valence-corrected chi connectivity index (χ0v) is 11.2. The Kier molecular flexibility index (Phi) is 3.75. The molecule has 0 radical (unpaired) electrons. The van der Waals surface area contributed by atoms with Crippen LogP contribution < -0.4 is 0 Å². The summed E-state index contributed by atoms with van der Waals surface area (Å²) in [5.41, 5.74) is 0.206. The third kappa shape index (κ3) is 2.70. The standard InChI is InChI=1S/C11H12ClN5O2/c1-7(2)5-8-10(17(18)19)11(12)16(15-8)9-3-4-13-6-14-9/h3-4,6-7H,5H2,1-2H3. The topological polar surface area (TPSA) is 86.7 Å². The third-order valence-corrected chi connectivity index (χ3v) is 2.78. The van der Waals surface area contributed by atoms with Gasteiger partial charge in [-0.15, -0.1) is 0 Å². The molecule has 0 aliphatic heterocycles. The maximum Gasteiger partial charge on any atom is 0.329 e. The minimum Gasteiger partial charge on any atom is -0.258 e. The Bertz CT molecular complexity index is 597. The molecule has 2 heterocycles. The summed E-state index contributed by atoms with van der Waals surface area (Å²) >= 11 is 6.04. The normalized spacial score (nSPS) is 10.9. The summed E-state index contributed by atoms with van der Waals surface area (Å²) in [5, 5.41) is 15.3. The number of nitrogens with zero attached hydrogens (tertiary/aromatic N) is 5. The van der Waals surface area contributed by atoms with E-state index in [1.807, 2.05) is 13.8 Å². The van der Waals surface area contributed by atoms with Crippen LogP contribution in [0.2, 0.25) is 5.15 Å². The van der Waals surface area contributed by atoms with Crippen LogP contribution >= 0.6 is 11.6 Å². The summed E-state index contributed by atoms with van der Waals surface area (Å²) in [6.45, 7) is 3.92. The largest absolute Gasteiger partial charge is 0.329 e. The fourth-order valence-electron chi connectivity index (χ4n) is 1.70. The maximum atomic E-state index is 11.1. The van der Waals surface area contributed by atoms with Gasteiger partial charge in [0.25, 0.3) is 0 Å². The van der Waals surface area contributed by atoms with E-state index in [1.54, 1.807) is 6.07 Å². The van der Waals surface area contributed by atoms with Crippen LogP contribution in [0.5, 0.6) is 0 Å². The van der Waals surface area contributed by atoms with Crippen LogP contribution in [0.25, 0.3) is 5.82 Å². The Morgan fingerprint density at radius 1 is 1.53 bits per heavy atom. The van der Waals surface area contributed by atoms with Crippen LogP contribution in [0.15, 0.2) is 18.6 Å². The second-order valence-corrected chi connectivity index (χ2v) is 4.78. The van der Waals surface area contributed by atoms with Crippen molar-refractivity contribution in [1.82, 2.24) is 19.7 Å². The summed E-state index contributed by atoms with van der Waals surface area (Å²) in [6.07, 6.45) is 3.34. The quantitative estimate of drug-likeness (QED) is 0.634. The predicted octanol–water partition coefficient (Wildman–Crippen LogP) is 2.42. The van der Waals surface area contributed by atoms with Crippen molar-refractivity contribution in [3.8, 4) is 5.82 Å². The Labute approximate surface area is 114 Å². The highest BCUT2D eigenvalue weighted by atomic mass is 35.5. The van der Waals surface area contributed by atoms with Crippen molar-refractivity contribution in [3.63, 3.8) is 0 Å². The first-order valence-electron chi connectivity index (χ1n) is 5.69. The Morgan fingerprint density at radius 3 is 2.79 bits per heavy atom. The molecule has 0 aromatic carbocycles. The van der Waals surface area contributed by atoms with Gasteiger partial charge in [0, 0.05) is 18.7 Å². The predicted molar refractivity (Wildman–Crippen MR) is 69.4 cm³/mol. The highest BCUT2D eigenvalue weighted by molar-refractivity contribution is 6.32. The zero-order valence-electron chi connectivity index (χ0n) is 10.4. The molecule has 2 aromatic heterocycles. The Balaban J connectivity index is 2.55. The van der Waals surface area contributed by atoms with E-state index in [0.717, 1.165) is 0 Å². The van der Waals surface area contributed by atoms with E-state index >= 15 is 0 Å². The molecule has 0 N–H and O–H groups in total. The molecule has 0 aliphatic rings. The summed E-state index contributed by atoms with van der Waals surface area (Å²) in [7, 11) is 0. The Hall–Kier alpha value is -2.02. The van der Waals surface area contributed by atoms with Gasteiger partial charge in [-0.05, 0) is 5.92 Å². The molecule has 0 saturated carbocycles. The summed E-state index contributed by atoms with van der Waals surface area (Å²) in [6, 6.07) is 1.59. The van der Waals surface area contributed by atoms with Crippen LogP contribution in [-0.4, -0.2) is 24.7 Å². The van der Waals surface area contributed by atoms with Crippen molar-refractivity contribution < 1.29 is 4.92 Å². The van der Waals surface area contributed by atoms with Crippen LogP contribution in [0, 0.1) is 16.0 Å². The summed E-state index contributed by atoms with van der Waals surface area (Å²) in [4.78, 5) is 18.4. The van der Waals surface area contributed by atoms with Crippen LogP contribution in [0.4, 0.5) is 5.69 Å². The molecule has 0 aliphatic carbocycles. The first kappa shape index (κ1) is 13.4. The van der Waals surface area contributed by atoms with Crippen LogP contribution in [-0.2, 0) is 6.42 Å². The molecule has 19 heavy (non-hydrogen) atoms. The number of hydrogen-bond donors (Lipinski definition) is 0. The molecule has 8 heteroatoms. The van der Waals surface area contributed by atoms with Gasteiger partial charge in [0.05, 0.1) is 4.92 Å². The molecule has 0 unspecified atom stereocenters. The monoisotopic (exact) mass is 281 g/mol. The highest BCUT2D eigenvalue weighted by Gasteiger charge is 2.27. The lowest BCUT2D eigenvalue weighted by molar-refractivity contribution is -0.385. The molecule has 0 fully saturated rings. The minimum atomic E-state index is -0.509. The van der Waals surface area contributed by atoms with Crippen molar-refractivity contribution in [2.45, 2.75) is 20.3 Å². The lowest BCUT2D eigenvalue weighted by Gasteiger charge is -2.00. The number of nitro groups is 1. The van der Waals surface area contributed by atoms with Gasteiger partial charge < -0.3 is 0 Å². The first-order valence-corrected chi connectivity index (χ1v) is 6.06. The highest BCUT2D eigenvalue weighted by Crippen LogP contribution is 2.31. The molecule has 0 bridgehead atoms. The van der Waals surface area contributed by atoms with E-state index < -0.39 is 4.92 Å². The molecule has 2 rings (SSSR count). The average Bonchev–Trinajstić information content (AvgIpc) is 2.66. The van der Waals surface area contributed by atoms with Crippen molar-refractivity contribution in [2.24, 2.45) is 5.92 Å². The lowest BCUT2D eigenvalue weighted by Crippen LogP contribution is -2.01. The summed E-state index contributed by atoms with van der Waals surface area (Å²) < 4.78 is 1.26. The van der Waals surface area contributed by atoms with Gasteiger partial charge in [-0.2, -0.15) is 9.78 Å². The van der Waals surface area contributed by atoms with E-state index in [-0.39, 0.29) is 16.8 Å². The van der Waals surface area contributed by atoms with Gasteiger partial charge in [0.15, 0.2) is 5.82 Å². The van der Waals surface area contributed by atoms with E-state index in [4.69, 9.17) is 11.6 Å². The average molecular weight is 282 g/mol. The third-order valence-electron chi connectivity index (χ3n) is 2.44. The van der Waals surface area contributed by atoms with Crippen molar-refractivity contribution in [2.75, 3.05) is 0 Å². The fourth-order valence-corrected chi connectivity index (χ4v) is 2.00. The number of hydrogen-bond acceptors (Lipinski definition) is 5. The molecule has 0 saturated heterocycles. The maximum absolute atomic E-state index is 11.1. The van der Waals surface area contributed by atoms with Crippen molar-refractivity contribution in [3.05, 3.63) is 39.6 Å². The molecule has 0 atom stereocenters. The molecule has 7 nitrogen and oxygen atoms in total. The lowest BCUT2D eigenvalue weighted by atomic mass is 10.1. The Morgan fingerprint density at radius 2 is 2.26 bits per heavy atom. The van der Waals surface area contributed by atoms with Gasteiger partial charge in [-0.25, -0.2) is 9.97 Å². The second kappa shape index (κ2) is 5.31. The molecule has 100 valence electrons. The van der Waals surface area contributed by atoms with Gasteiger partial charge >= 0.3 is 5.69 Å². The molecular formula is C11H12ClN5O2. The van der Waals surface area contributed by atoms with Gasteiger partial charge in [-0.1, -0.05) is 25.4 Å². The van der Waals surface area contributed by atoms with E-state index in [1.165, 1.54) is 17.2 Å².